The number of nitrogens with zero attached hydrogens (tertiary/aromatic N) is 1. The average Bonchev–Trinajstić information content (AvgIpc) is 2.37. The number of aromatic nitrogens is 1. The van der Waals surface area contributed by atoms with E-state index in [9.17, 15) is 4.79 Å². The van der Waals surface area contributed by atoms with E-state index in [4.69, 9.17) is 4.74 Å². The third-order valence-electron chi connectivity index (χ3n) is 4.01. The molecule has 4 nitrogen and oxygen atoms in total. The first-order chi connectivity index (χ1) is 8.71. The molecule has 0 spiro atoms. The number of hydrogen-bond donors (Lipinski definition) is 1. The summed E-state index contributed by atoms with van der Waals surface area (Å²) in [5.41, 5.74) is 0.899. The van der Waals surface area contributed by atoms with E-state index in [1.54, 1.807) is 18.3 Å². The van der Waals surface area contributed by atoms with Gasteiger partial charge in [-0.15, -0.1) is 0 Å². The van der Waals surface area contributed by atoms with Gasteiger partial charge < -0.3 is 10.1 Å². The standard InChI is InChI=1S/C14H20N2O2/c1-3-14(7-5-8-14)10-16-12-11(13(17)18-2)6-4-9-15-12/h4,6,9H,3,5,7-8,10H2,1-2H3,(H,15,16). The number of methoxy groups -OCH3 is 1. The Hall–Kier alpha value is -1.58. The van der Waals surface area contributed by atoms with Gasteiger partial charge in [0.1, 0.15) is 11.4 Å². The minimum Gasteiger partial charge on any atom is -0.465 e. The molecule has 1 aromatic heterocycles. The average molecular weight is 248 g/mol. The van der Waals surface area contributed by atoms with Crippen LogP contribution in [0.1, 0.15) is 43.0 Å². The van der Waals surface area contributed by atoms with Crippen molar-refractivity contribution >= 4 is 11.8 Å². The van der Waals surface area contributed by atoms with Crippen molar-refractivity contribution in [2.75, 3.05) is 19.0 Å². The molecule has 98 valence electrons. The second kappa shape index (κ2) is 5.38. The van der Waals surface area contributed by atoms with Crippen LogP contribution in [0, 0.1) is 5.41 Å². The monoisotopic (exact) mass is 248 g/mol. The fourth-order valence-electron chi connectivity index (χ4n) is 2.42. The first-order valence-electron chi connectivity index (χ1n) is 6.48. The van der Waals surface area contributed by atoms with Crippen LogP contribution in [0.4, 0.5) is 5.82 Å². The molecule has 0 radical (unpaired) electrons. The summed E-state index contributed by atoms with van der Waals surface area (Å²) in [6.07, 6.45) is 6.68. The molecule has 1 aromatic rings. The molecule has 0 bridgehead atoms. The summed E-state index contributed by atoms with van der Waals surface area (Å²) in [6, 6.07) is 3.48. The Morgan fingerprint density at radius 3 is 2.89 bits per heavy atom. The van der Waals surface area contributed by atoms with Crippen LogP contribution in [0.2, 0.25) is 0 Å². The van der Waals surface area contributed by atoms with Gasteiger partial charge in [-0.3, -0.25) is 0 Å². The predicted molar refractivity (Wildman–Crippen MR) is 70.6 cm³/mol. The smallest absolute Gasteiger partial charge is 0.341 e. The lowest BCUT2D eigenvalue weighted by atomic mass is 9.67. The maximum absolute atomic E-state index is 11.6. The molecule has 0 amide bonds. The lowest BCUT2D eigenvalue weighted by Gasteiger charge is -2.41. The summed E-state index contributed by atoms with van der Waals surface area (Å²) in [5, 5.41) is 3.31. The zero-order valence-electron chi connectivity index (χ0n) is 11.0. The highest BCUT2D eigenvalue weighted by Crippen LogP contribution is 2.43. The van der Waals surface area contributed by atoms with Gasteiger partial charge >= 0.3 is 5.97 Å². The number of esters is 1. The van der Waals surface area contributed by atoms with Gasteiger partial charge in [-0.2, -0.15) is 0 Å². The molecule has 1 N–H and O–H groups in total. The van der Waals surface area contributed by atoms with Gasteiger partial charge in [0.2, 0.25) is 0 Å². The van der Waals surface area contributed by atoms with Crippen LogP contribution in [-0.4, -0.2) is 24.6 Å². The number of ether oxygens (including phenoxy) is 1. The van der Waals surface area contributed by atoms with Crippen LogP contribution in [0.3, 0.4) is 0 Å². The Labute approximate surface area is 108 Å². The van der Waals surface area contributed by atoms with Gasteiger partial charge in [0, 0.05) is 12.7 Å². The van der Waals surface area contributed by atoms with Crippen molar-refractivity contribution in [1.29, 1.82) is 0 Å². The van der Waals surface area contributed by atoms with Gasteiger partial charge in [-0.25, -0.2) is 9.78 Å². The van der Waals surface area contributed by atoms with Crippen LogP contribution < -0.4 is 5.32 Å². The highest BCUT2D eigenvalue weighted by molar-refractivity contribution is 5.94. The van der Waals surface area contributed by atoms with E-state index >= 15 is 0 Å². The van der Waals surface area contributed by atoms with Gasteiger partial charge in [0.05, 0.1) is 7.11 Å². The van der Waals surface area contributed by atoms with Gasteiger partial charge in [-0.1, -0.05) is 13.3 Å². The molecule has 1 heterocycles. The number of anilines is 1. The van der Waals surface area contributed by atoms with E-state index in [0.717, 1.165) is 6.54 Å². The predicted octanol–water partition coefficient (Wildman–Crippen LogP) is 2.86. The van der Waals surface area contributed by atoms with Crippen molar-refractivity contribution < 1.29 is 9.53 Å². The number of carbonyl (C=O) groups is 1. The van der Waals surface area contributed by atoms with E-state index in [1.807, 2.05) is 0 Å². The van der Waals surface area contributed by atoms with E-state index in [-0.39, 0.29) is 5.97 Å². The molecule has 2 rings (SSSR count). The lowest BCUT2D eigenvalue weighted by molar-refractivity contribution is 0.0601. The molecule has 1 aliphatic carbocycles. The molecule has 1 aliphatic rings. The molecule has 0 aromatic carbocycles. The number of nitrogens with one attached hydrogen (secondary N) is 1. The lowest BCUT2D eigenvalue weighted by Crippen LogP contribution is -2.36. The van der Waals surface area contributed by atoms with E-state index in [0.29, 0.717) is 16.8 Å². The largest absolute Gasteiger partial charge is 0.465 e. The first kappa shape index (κ1) is 12.9. The second-order valence-corrected chi connectivity index (χ2v) is 4.95. The number of carbonyl (C=O) groups excluding carboxylic acids is 1. The molecule has 1 fully saturated rings. The summed E-state index contributed by atoms with van der Waals surface area (Å²) in [5.74, 6) is 0.286. The van der Waals surface area contributed by atoms with Gasteiger partial charge in [-0.05, 0) is 36.8 Å². The van der Waals surface area contributed by atoms with Crippen molar-refractivity contribution in [3.63, 3.8) is 0 Å². The van der Waals surface area contributed by atoms with Crippen LogP contribution in [0.25, 0.3) is 0 Å². The molecule has 1 saturated carbocycles. The molecule has 0 atom stereocenters. The highest BCUT2D eigenvalue weighted by atomic mass is 16.5. The van der Waals surface area contributed by atoms with E-state index < -0.39 is 0 Å². The molecular formula is C14H20N2O2. The Bertz CT molecular complexity index is 422. The van der Waals surface area contributed by atoms with E-state index in [1.165, 1.54) is 32.8 Å². The van der Waals surface area contributed by atoms with Gasteiger partial charge in [0.15, 0.2) is 0 Å². The quantitative estimate of drug-likeness (QED) is 0.814. The molecule has 0 saturated heterocycles. The summed E-state index contributed by atoms with van der Waals surface area (Å²) in [4.78, 5) is 15.8. The van der Waals surface area contributed by atoms with E-state index in [2.05, 4.69) is 17.2 Å². The van der Waals surface area contributed by atoms with Crippen LogP contribution in [0.15, 0.2) is 18.3 Å². The Morgan fingerprint density at radius 2 is 2.33 bits per heavy atom. The Balaban J connectivity index is 2.07. The topological polar surface area (TPSA) is 51.2 Å². The SMILES string of the molecule is CCC1(CNc2ncccc2C(=O)OC)CCC1. The van der Waals surface area contributed by atoms with Crippen molar-refractivity contribution in [3.05, 3.63) is 23.9 Å². The maximum Gasteiger partial charge on any atom is 0.341 e. The summed E-state index contributed by atoms with van der Waals surface area (Å²) < 4.78 is 4.76. The van der Waals surface area contributed by atoms with Gasteiger partial charge in [0.25, 0.3) is 0 Å². The summed E-state index contributed by atoms with van der Waals surface area (Å²) in [7, 11) is 1.39. The first-order valence-corrected chi connectivity index (χ1v) is 6.48. The van der Waals surface area contributed by atoms with Crippen LogP contribution >= 0.6 is 0 Å². The maximum atomic E-state index is 11.6. The molecule has 4 heteroatoms. The molecular weight excluding hydrogens is 228 g/mol. The normalized spacial score (nSPS) is 16.8. The fraction of sp³-hybridized carbons (Fsp3) is 0.571. The molecule has 18 heavy (non-hydrogen) atoms. The fourth-order valence-corrected chi connectivity index (χ4v) is 2.42. The van der Waals surface area contributed by atoms with Crippen LogP contribution in [0.5, 0.6) is 0 Å². The summed E-state index contributed by atoms with van der Waals surface area (Å²) in [6.45, 7) is 3.10. The van der Waals surface area contributed by atoms with Crippen molar-refractivity contribution in [1.82, 2.24) is 4.98 Å². The number of pyridine rings is 1. The van der Waals surface area contributed by atoms with Crippen LogP contribution in [-0.2, 0) is 4.74 Å². The second-order valence-electron chi connectivity index (χ2n) is 4.95. The summed E-state index contributed by atoms with van der Waals surface area (Å²) >= 11 is 0. The number of rotatable bonds is 5. The Kier molecular flexibility index (Phi) is 3.84. The molecule has 0 unspecified atom stereocenters. The zero-order valence-corrected chi connectivity index (χ0v) is 11.0. The number of hydrogen-bond acceptors (Lipinski definition) is 4. The minimum atomic E-state index is -0.343. The minimum absolute atomic E-state index is 0.343. The third-order valence-corrected chi connectivity index (χ3v) is 4.01. The van der Waals surface area contributed by atoms with Crippen molar-refractivity contribution in [2.45, 2.75) is 32.6 Å². The van der Waals surface area contributed by atoms with Crippen molar-refractivity contribution in [2.24, 2.45) is 5.41 Å². The molecule has 0 aliphatic heterocycles. The third kappa shape index (κ3) is 2.47. The highest BCUT2D eigenvalue weighted by Gasteiger charge is 2.35. The zero-order chi connectivity index (χ0) is 13.0. The van der Waals surface area contributed by atoms with Crippen molar-refractivity contribution in [3.8, 4) is 0 Å². The Morgan fingerprint density at radius 1 is 1.56 bits per heavy atom.